The van der Waals surface area contributed by atoms with Crippen LogP contribution in [0.15, 0.2) is 47.4 Å². The fourth-order valence-electron chi connectivity index (χ4n) is 1.78. The lowest BCUT2D eigenvalue weighted by Crippen LogP contribution is -2.18. The minimum atomic E-state index is -2.40. The largest absolute Gasteiger partial charge is 0.768 e. The van der Waals surface area contributed by atoms with Gasteiger partial charge in [-0.3, -0.25) is 9.00 Å². The first kappa shape index (κ1) is 15.8. The van der Waals surface area contributed by atoms with Crippen LogP contribution < -0.4 is 5.32 Å². The summed E-state index contributed by atoms with van der Waals surface area (Å²) < 4.78 is 35.2. The maximum absolute atomic E-state index is 13.7. The number of nitrogens with one attached hydrogen (secondary N) is 1. The maximum atomic E-state index is 13.7. The molecule has 6 nitrogen and oxygen atoms in total. The van der Waals surface area contributed by atoms with Crippen molar-refractivity contribution in [3.63, 3.8) is 0 Å². The first-order valence-corrected chi connectivity index (χ1v) is 7.00. The molecule has 0 saturated carbocycles. The van der Waals surface area contributed by atoms with Crippen molar-refractivity contribution in [3.05, 3.63) is 59.4 Å². The first-order chi connectivity index (χ1) is 10.4. The number of carboxylic acid groups (broad SMARTS) is 1. The fraction of sp³-hybridized carbons (Fsp3) is 0. The van der Waals surface area contributed by atoms with Crippen molar-refractivity contribution < 1.29 is 27.8 Å². The number of hydrogen-bond donors (Lipinski definition) is 2. The van der Waals surface area contributed by atoms with Gasteiger partial charge in [0.05, 0.1) is 11.1 Å². The van der Waals surface area contributed by atoms with Crippen molar-refractivity contribution in [3.8, 4) is 0 Å². The molecule has 8 heteroatoms. The van der Waals surface area contributed by atoms with Crippen molar-refractivity contribution in [2.24, 2.45) is 0 Å². The molecule has 2 aromatic carbocycles. The smallest absolute Gasteiger partial charge is 0.336 e. The zero-order chi connectivity index (χ0) is 16.3. The average Bonchev–Trinajstić information content (AvgIpc) is 2.47. The normalized spacial score (nSPS) is 11.7. The quantitative estimate of drug-likeness (QED) is 0.837. The van der Waals surface area contributed by atoms with Crippen LogP contribution in [0.2, 0.25) is 0 Å². The van der Waals surface area contributed by atoms with Gasteiger partial charge in [0.15, 0.2) is 0 Å². The van der Waals surface area contributed by atoms with Crippen LogP contribution in [0.5, 0.6) is 0 Å². The van der Waals surface area contributed by atoms with Gasteiger partial charge in [0, 0.05) is 10.6 Å². The molecule has 0 saturated heterocycles. The first-order valence-electron chi connectivity index (χ1n) is 5.92. The van der Waals surface area contributed by atoms with Gasteiger partial charge in [-0.05, 0) is 47.5 Å². The van der Waals surface area contributed by atoms with Gasteiger partial charge >= 0.3 is 5.97 Å². The molecule has 1 unspecified atom stereocenters. The number of carboxylic acids is 1. The molecule has 0 aliphatic heterocycles. The van der Waals surface area contributed by atoms with Gasteiger partial charge in [-0.1, -0.05) is 6.07 Å². The predicted molar refractivity (Wildman–Crippen MR) is 74.9 cm³/mol. The fourth-order valence-corrected chi connectivity index (χ4v) is 2.13. The van der Waals surface area contributed by atoms with E-state index < -0.39 is 39.9 Å². The number of benzene rings is 2. The summed E-state index contributed by atoms with van der Waals surface area (Å²) in [5, 5.41) is 11.3. The number of halogens is 1. The molecular formula is C14H9FNO5S-. The van der Waals surface area contributed by atoms with E-state index in [1.165, 1.54) is 30.3 Å². The highest BCUT2D eigenvalue weighted by molar-refractivity contribution is 7.79. The molecule has 2 aromatic rings. The number of carbonyl (C=O) groups excluding carboxylic acids is 1. The second kappa shape index (κ2) is 6.46. The van der Waals surface area contributed by atoms with Crippen molar-refractivity contribution in [2.75, 3.05) is 5.32 Å². The number of rotatable bonds is 4. The van der Waals surface area contributed by atoms with Gasteiger partial charge in [0.2, 0.25) is 0 Å². The zero-order valence-electron chi connectivity index (χ0n) is 10.9. The second-order valence-electron chi connectivity index (χ2n) is 4.18. The van der Waals surface area contributed by atoms with E-state index >= 15 is 0 Å². The summed E-state index contributed by atoms with van der Waals surface area (Å²) in [6.45, 7) is 0. The van der Waals surface area contributed by atoms with Gasteiger partial charge in [-0.15, -0.1) is 0 Å². The molecule has 114 valence electrons. The Kier molecular flexibility index (Phi) is 4.64. The third kappa shape index (κ3) is 3.35. The summed E-state index contributed by atoms with van der Waals surface area (Å²) >= 11 is -2.40. The molecule has 0 aromatic heterocycles. The van der Waals surface area contributed by atoms with Crippen LogP contribution >= 0.6 is 0 Å². The van der Waals surface area contributed by atoms with Crippen molar-refractivity contribution in [1.82, 2.24) is 0 Å². The van der Waals surface area contributed by atoms with Crippen LogP contribution in [0, 0.1) is 5.82 Å². The van der Waals surface area contributed by atoms with Crippen LogP contribution in [0.4, 0.5) is 10.1 Å². The Bertz CT molecular complexity index is 760. The minimum Gasteiger partial charge on any atom is -0.768 e. The molecule has 2 rings (SSSR count). The number of hydrogen-bond acceptors (Lipinski definition) is 4. The van der Waals surface area contributed by atoms with Crippen LogP contribution in [-0.4, -0.2) is 25.7 Å². The second-order valence-corrected chi connectivity index (χ2v) is 5.12. The third-order valence-corrected chi connectivity index (χ3v) is 3.43. The van der Waals surface area contributed by atoms with Gasteiger partial charge in [-0.25, -0.2) is 9.18 Å². The molecule has 0 spiro atoms. The average molecular weight is 322 g/mol. The summed E-state index contributed by atoms with van der Waals surface area (Å²) in [5.74, 6) is -3.33. The van der Waals surface area contributed by atoms with Gasteiger partial charge in [0.25, 0.3) is 5.91 Å². The van der Waals surface area contributed by atoms with Gasteiger partial charge < -0.3 is 15.0 Å². The number of carbonyl (C=O) groups is 2. The predicted octanol–water partition coefficient (Wildman–Crippen LogP) is 2.01. The summed E-state index contributed by atoms with van der Waals surface area (Å²) in [6, 6.07) is 8.40. The molecule has 0 radical (unpaired) electrons. The summed E-state index contributed by atoms with van der Waals surface area (Å²) in [4.78, 5) is 23.1. The highest BCUT2D eigenvalue weighted by Crippen LogP contribution is 2.17. The Morgan fingerprint density at radius 1 is 1.14 bits per heavy atom. The zero-order valence-corrected chi connectivity index (χ0v) is 11.7. The van der Waals surface area contributed by atoms with E-state index in [1.54, 1.807) is 0 Å². The van der Waals surface area contributed by atoms with E-state index in [-0.39, 0.29) is 10.6 Å². The summed E-state index contributed by atoms with van der Waals surface area (Å²) in [5.41, 5.74) is -0.847. The van der Waals surface area contributed by atoms with Crippen LogP contribution in [0.25, 0.3) is 0 Å². The van der Waals surface area contributed by atoms with Crippen molar-refractivity contribution in [2.45, 2.75) is 4.90 Å². The highest BCUT2D eigenvalue weighted by Gasteiger charge is 2.20. The number of aromatic carboxylic acids is 1. The van der Waals surface area contributed by atoms with Crippen molar-refractivity contribution >= 4 is 28.6 Å². The topological polar surface area (TPSA) is 107 Å². The molecule has 0 bridgehead atoms. The van der Waals surface area contributed by atoms with E-state index in [0.29, 0.717) is 0 Å². The van der Waals surface area contributed by atoms with Gasteiger partial charge in [-0.2, -0.15) is 0 Å². The van der Waals surface area contributed by atoms with Crippen molar-refractivity contribution in [1.29, 1.82) is 0 Å². The lowest BCUT2D eigenvalue weighted by atomic mass is 10.1. The molecular weight excluding hydrogens is 313 g/mol. The lowest BCUT2D eigenvalue weighted by molar-refractivity contribution is 0.0691. The van der Waals surface area contributed by atoms with Crippen LogP contribution in [-0.2, 0) is 11.1 Å². The maximum Gasteiger partial charge on any atom is 0.336 e. The molecule has 1 atom stereocenters. The molecule has 22 heavy (non-hydrogen) atoms. The lowest BCUT2D eigenvalue weighted by Gasteiger charge is -2.10. The van der Waals surface area contributed by atoms with E-state index in [0.717, 1.165) is 12.1 Å². The Morgan fingerprint density at radius 3 is 2.32 bits per heavy atom. The monoisotopic (exact) mass is 322 g/mol. The molecule has 0 fully saturated rings. The third-order valence-electron chi connectivity index (χ3n) is 2.78. The van der Waals surface area contributed by atoms with Gasteiger partial charge in [0.1, 0.15) is 5.82 Å². The van der Waals surface area contributed by atoms with E-state index in [4.69, 9.17) is 5.11 Å². The molecule has 0 aliphatic carbocycles. The van der Waals surface area contributed by atoms with E-state index in [2.05, 4.69) is 5.32 Å². The standard InChI is InChI=1S/C14H10FNO5S/c15-11-3-1-2-10(14(18)19)12(11)13(17)16-8-4-6-9(7-5-8)22(20)21/h1-7H,(H,16,17)(H,18,19)(H,20,21)/p-1. The Balaban J connectivity index is 2.30. The number of anilines is 1. The van der Waals surface area contributed by atoms with E-state index in [1.807, 2.05) is 0 Å². The molecule has 0 aliphatic rings. The van der Waals surface area contributed by atoms with Crippen LogP contribution in [0.3, 0.4) is 0 Å². The molecule has 2 N–H and O–H groups in total. The molecule has 0 heterocycles. The van der Waals surface area contributed by atoms with Crippen LogP contribution in [0.1, 0.15) is 20.7 Å². The molecule has 1 amide bonds. The summed E-state index contributed by atoms with van der Waals surface area (Å²) in [6.07, 6.45) is 0. The Morgan fingerprint density at radius 2 is 1.77 bits per heavy atom. The number of amides is 1. The minimum absolute atomic E-state index is 0.0233. The Hall–Kier alpha value is -2.58. The Labute approximate surface area is 126 Å². The van der Waals surface area contributed by atoms with E-state index in [9.17, 15) is 22.7 Å². The summed E-state index contributed by atoms with van der Waals surface area (Å²) in [7, 11) is 0. The highest BCUT2D eigenvalue weighted by atomic mass is 32.2. The SMILES string of the molecule is O=C(O)c1cccc(F)c1C(=O)Nc1ccc(S(=O)[O-])cc1.